The first-order chi connectivity index (χ1) is 29.4. The lowest BCUT2D eigenvalue weighted by Gasteiger charge is -2.36. The number of alkyl carbamates (subject to hydrolysis) is 1. The number of halogens is 4. The number of alkyl halides is 3. The van der Waals surface area contributed by atoms with E-state index in [-0.39, 0.29) is 40.6 Å². The smallest absolute Gasteiger partial charge is 0.453 e. The van der Waals surface area contributed by atoms with Crippen LogP contribution in [0.25, 0.3) is 22.4 Å². The molecule has 19 heteroatoms. The molecule has 4 aromatic rings. The minimum absolute atomic E-state index is 0.112. The summed E-state index contributed by atoms with van der Waals surface area (Å²) in [6, 6.07) is 10.0. The second-order valence-electron chi connectivity index (χ2n) is 16.2. The Morgan fingerprint density at radius 3 is 2.31 bits per heavy atom. The number of benzene rings is 2. The number of carbonyl (C=O) groups excluding carboxylic acids is 4. The SMILES string of the molecule is COC(=O)N[C@H](C(=O)N1[C@@H](C)CC[C@H]1c1nc(-c2ccc(-c3ccc(C(=O)Nc4ccc(NCCNC(=O)C(C)(C)C)nc4)c(F)c3OC(F)(F)F)cc2)c[nH]1)C1CCOCC1. The number of hydrogen-bond donors (Lipinski definition) is 5. The summed E-state index contributed by atoms with van der Waals surface area (Å²) in [6.07, 6.45) is -0.547. The molecule has 0 unspecified atom stereocenters. The third-order valence-corrected chi connectivity index (χ3v) is 10.8. The Bertz CT molecular complexity index is 2220. The molecule has 2 fully saturated rings. The summed E-state index contributed by atoms with van der Waals surface area (Å²) in [5, 5.41) is 11.0. The van der Waals surface area contributed by atoms with Crippen LogP contribution in [0, 0.1) is 17.2 Å². The Labute approximate surface area is 355 Å². The van der Waals surface area contributed by atoms with Crippen LogP contribution in [0.4, 0.5) is 33.9 Å². The summed E-state index contributed by atoms with van der Waals surface area (Å²) < 4.78 is 71.4. The second-order valence-corrected chi connectivity index (χ2v) is 16.2. The van der Waals surface area contributed by atoms with Crippen molar-refractivity contribution >= 4 is 35.3 Å². The number of anilines is 2. The van der Waals surface area contributed by atoms with E-state index in [1.807, 2.05) is 6.92 Å². The van der Waals surface area contributed by atoms with Crippen LogP contribution in [0.1, 0.15) is 75.6 Å². The standard InChI is InChI=1S/C43H50F4N8O7/c1-24-6-14-32(55(24)39(57)35(54-41(59)60-5)27-16-20-61-21-17-27)37-51-23-31(53-37)26-9-7-25(8-10-26)29-12-13-30(34(44)36(29)62-43(45,46)47)38(56)52-28-11-15-33(50-22-28)48-18-19-49-40(58)42(2,3)4/h7-13,15,22-24,27,32,35H,6,14,16-21H2,1-5H3,(H,48,50)(H,49,58)(H,51,53)(H,52,56)(H,54,59)/t24-,32-,35-/m0/s1. The van der Waals surface area contributed by atoms with E-state index in [2.05, 4.69) is 36.0 Å². The van der Waals surface area contributed by atoms with E-state index in [0.29, 0.717) is 74.9 Å². The van der Waals surface area contributed by atoms with Crippen LogP contribution in [0.3, 0.4) is 0 Å². The van der Waals surface area contributed by atoms with Crippen molar-refractivity contribution in [2.75, 3.05) is 44.0 Å². The molecule has 62 heavy (non-hydrogen) atoms. The lowest BCUT2D eigenvalue weighted by molar-refractivity contribution is -0.275. The van der Waals surface area contributed by atoms with Gasteiger partial charge in [0.1, 0.15) is 17.7 Å². The van der Waals surface area contributed by atoms with Gasteiger partial charge in [0.05, 0.1) is 36.3 Å². The largest absolute Gasteiger partial charge is 0.573 e. The predicted molar refractivity (Wildman–Crippen MR) is 220 cm³/mol. The third kappa shape index (κ3) is 11.0. The van der Waals surface area contributed by atoms with Gasteiger partial charge in [-0.1, -0.05) is 45.0 Å². The number of nitrogens with zero attached hydrogens (tertiary/aromatic N) is 3. The number of likely N-dealkylation sites (tertiary alicyclic amines) is 1. The fourth-order valence-electron chi connectivity index (χ4n) is 7.45. The van der Waals surface area contributed by atoms with Crippen molar-refractivity contribution in [1.82, 2.24) is 30.5 Å². The molecule has 2 aromatic carbocycles. The van der Waals surface area contributed by atoms with Gasteiger partial charge in [-0.2, -0.15) is 0 Å². The number of rotatable bonds is 13. The number of aromatic amines is 1. The van der Waals surface area contributed by atoms with Crippen molar-refractivity contribution in [2.45, 2.75) is 77.9 Å². The Balaban J connectivity index is 1.16. The number of hydrogen-bond acceptors (Lipinski definition) is 10. The minimum atomic E-state index is -5.29. The maximum Gasteiger partial charge on any atom is 0.573 e. The van der Waals surface area contributed by atoms with Crippen LogP contribution >= 0.6 is 0 Å². The molecule has 6 rings (SSSR count). The molecule has 2 aromatic heterocycles. The summed E-state index contributed by atoms with van der Waals surface area (Å²) in [5.74, 6) is -3.30. The minimum Gasteiger partial charge on any atom is -0.453 e. The van der Waals surface area contributed by atoms with Gasteiger partial charge in [0, 0.05) is 55.1 Å². The Morgan fingerprint density at radius 1 is 0.952 bits per heavy atom. The van der Waals surface area contributed by atoms with Gasteiger partial charge < -0.3 is 45.4 Å². The first kappa shape index (κ1) is 45.3. The Hall–Kier alpha value is -6.24. The van der Waals surface area contributed by atoms with Crippen molar-refractivity contribution < 1.29 is 51.0 Å². The molecule has 2 saturated heterocycles. The number of carbonyl (C=O) groups is 4. The van der Waals surface area contributed by atoms with Gasteiger partial charge in [-0.25, -0.2) is 19.2 Å². The van der Waals surface area contributed by atoms with Crippen LogP contribution in [0.15, 0.2) is 60.9 Å². The lowest BCUT2D eigenvalue weighted by atomic mass is 9.90. The average Bonchev–Trinajstić information content (AvgIpc) is 3.89. The van der Waals surface area contributed by atoms with E-state index in [4.69, 9.17) is 14.5 Å². The van der Waals surface area contributed by atoms with Gasteiger partial charge in [0.25, 0.3) is 5.91 Å². The van der Waals surface area contributed by atoms with E-state index < -0.39 is 53.0 Å². The molecule has 0 aliphatic carbocycles. The molecule has 0 spiro atoms. The maximum absolute atomic E-state index is 15.9. The van der Waals surface area contributed by atoms with Crippen LogP contribution in [-0.4, -0.2) is 95.5 Å². The van der Waals surface area contributed by atoms with E-state index in [9.17, 15) is 32.3 Å². The highest BCUT2D eigenvalue weighted by molar-refractivity contribution is 6.05. The number of ether oxygens (including phenoxy) is 3. The van der Waals surface area contributed by atoms with Gasteiger partial charge in [0.2, 0.25) is 11.8 Å². The quantitative estimate of drug-likeness (QED) is 0.0679. The summed E-state index contributed by atoms with van der Waals surface area (Å²) in [4.78, 5) is 65.5. The van der Waals surface area contributed by atoms with Gasteiger partial charge >= 0.3 is 12.5 Å². The maximum atomic E-state index is 15.9. The number of amides is 4. The first-order valence-electron chi connectivity index (χ1n) is 20.2. The fourth-order valence-corrected chi connectivity index (χ4v) is 7.45. The predicted octanol–water partition coefficient (Wildman–Crippen LogP) is 7.21. The van der Waals surface area contributed by atoms with Crippen molar-refractivity contribution in [3.05, 3.63) is 78.1 Å². The zero-order valence-electron chi connectivity index (χ0n) is 35.0. The number of pyridine rings is 1. The van der Waals surface area contributed by atoms with E-state index >= 15 is 4.39 Å². The number of imidazole rings is 1. The summed E-state index contributed by atoms with van der Waals surface area (Å²) in [7, 11) is 1.24. The van der Waals surface area contributed by atoms with E-state index in [0.717, 1.165) is 6.07 Å². The third-order valence-electron chi connectivity index (χ3n) is 10.8. The number of aromatic nitrogens is 3. The van der Waals surface area contributed by atoms with Crippen molar-refractivity contribution in [1.29, 1.82) is 0 Å². The fraction of sp³-hybridized carbons (Fsp3) is 0.442. The first-order valence-corrected chi connectivity index (χ1v) is 20.2. The molecule has 3 atom stereocenters. The molecule has 4 heterocycles. The highest BCUT2D eigenvalue weighted by atomic mass is 19.4. The highest BCUT2D eigenvalue weighted by Gasteiger charge is 2.43. The zero-order chi connectivity index (χ0) is 44.8. The number of methoxy groups -OCH3 is 1. The summed E-state index contributed by atoms with van der Waals surface area (Å²) >= 11 is 0. The lowest BCUT2D eigenvalue weighted by Crippen LogP contribution is -2.54. The van der Waals surface area contributed by atoms with Crippen molar-refractivity contribution in [2.24, 2.45) is 11.3 Å². The molecule has 4 amide bonds. The molecule has 2 aliphatic rings. The van der Waals surface area contributed by atoms with Crippen molar-refractivity contribution in [3.63, 3.8) is 0 Å². The summed E-state index contributed by atoms with van der Waals surface area (Å²) in [6.45, 7) is 8.98. The molecule has 332 valence electrons. The van der Waals surface area contributed by atoms with Crippen LogP contribution in [-0.2, 0) is 19.1 Å². The molecule has 0 bridgehead atoms. The molecule has 0 saturated carbocycles. The van der Waals surface area contributed by atoms with Gasteiger partial charge in [0.15, 0.2) is 11.6 Å². The van der Waals surface area contributed by atoms with Crippen molar-refractivity contribution in [3.8, 4) is 28.1 Å². The summed E-state index contributed by atoms with van der Waals surface area (Å²) in [5.41, 5.74) is -0.111. The monoisotopic (exact) mass is 866 g/mol. The molecule has 2 aliphatic heterocycles. The molecule has 15 nitrogen and oxygen atoms in total. The number of H-pyrrole nitrogens is 1. The molecular formula is C43H50F4N8O7. The highest BCUT2D eigenvalue weighted by Crippen LogP contribution is 2.40. The van der Waals surface area contributed by atoms with Gasteiger partial charge in [-0.05, 0) is 68.4 Å². The Kier molecular flexibility index (Phi) is 14.0. The van der Waals surface area contributed by atoms with Crippen LogP contribution in [0.5, 0.6) is 5.75 Å². The van der Waals surface area contributed by atoms with E-state index in [1.54, 1.807) is 44.0 Å². The average molecular weight is 867 g/mol. The zero-order valence-corrected chi connectivity index (χ0v) is 35.0. The van der Waals surface area contributed by atoms with Gasteiger partial charge in [-0.3, -0.25) is 14.4 Å². The number of nitrogens with one attached hydrogen (secondary N) is 5. The van der Waals surface area contributed by atoms with Crippen LogP contribution < -0.4 is 26.0 Å². The molecular weight excluding hydrogens is 817 g/mol. The normalized spacial score (nSPS) is 17.5. The van der Waals surface area contributed by atoms with E-state index in [1.165, 1.54) is 43.6 Å². The molecule has 0 radical (unpaired) electrons. The second kappa shape index (κ2) is 19.2. The van der Waals surface area contributed by atoms with Gasteiger partial charge in [-0.15, -0.1) is 13.2 Å². The topological polar surface area (TPSA) is 189 Å². The van der Waals surface area contributed by atoms with Crippen LogP contribution in [0.2, 0.25) is 0 Å². The Morgan fingerprint density at radius 2 is 1.66 bits per heavy atom. The molecule has 5 N–H and O–H groups in total.